The maximum Gasteiger partial charge on any atom is 0.244 e. The van der Waals surface area contributed by atoms with E-state index < -0.39 is 53.1 Å². The van der Waals surface area contributed by atoms with E-state index in [0.717, 1.165) is 62.7 Å². The molecule has 2 aromatic rings. The lowest BCUT2D eigenvalue weighted by atomic mass is 9.84. The predicted molar refractivity (Wildman–Crippen MR) is 213 cm³/mol. The Labute approximate surface area is 334 Å². The molecule has 2 bridgehead atoms. The van der Waals surface area contributed by atoms with Gasteiger partial charge in [0, 0.05) is 42.3 Å². The van der Waals surface area contributed by atoms with Crippen molar-refractivity contribution in [2.24, 2.45) is 23.0 Å². The van der Waals surface area contributed by atoms with E-state index in [1.165, 1.54) is 0 Å². The number of primary amides is 1. The SMILES string of the molecule is NC(=O)C1CCCCNC(=O)C(Cc2ccc(C(=O)c3ccccc3)cc2)NC(=O)C(CC2CCCCC2)NC(=O)C23CC(CCCC2C3)NC(=O)/C=C/C(=O)N1. The number of hydrogen-bond donors (Lipinski definition) is 6. The van der Waals surface area contributed by atoms with Gasteiger partial charge in [0.1, 0.15) is 18.1 Å². The van der Waals surface area contributed by atoms with Crippen molar-refractivity contribution in [2.75, 3.05) is 6.54 Å². The number of carbonyl (C=O) groups excluding carboxylic acids is 7. The van der Waals surface area contributed by atoms with Crippen molar-refractivity contribution in [1.82, 2.24) is 26.6 Å². The molecule has 1 spiro atoms. The lowest BCUT2D eigenvalue weighted by Crippen LogP contribution is -2.56. The molecule has 1 heterocycles. The van der Waals surface area contributed by atoms with E-state index in [-0.39, 0.29) is 49.0 Å². The summed E-state index contributed by atoms with van der Waals surface area (Å²) >= 11 is 0. The number of fused-ring (bicyclic) bond motifs is 1. The van der Waals surface area contributed by atoms with Gasteiger partial charge in [-0.1, -0.05) is 93.1 Å². The smallest absolute Gasteiger partial charge is 0.244 e. The van der Waals surface area contributed by atoms with Crippen molar-refractivity contribution in [2.45, 2.75) is 120 Å². The van der Waals surface area contributed by atoms with Gasteiger partial charge >= 0.3 is 0 Å². The van der Waals surface area contributed by atoms with Crippen LogP contribution < -0.4 is 32.3 Å². The maximum atomic E-state index is 14.4. The van der Waals surface area contributed by atoms with Crippen LogP contribution in [0.3, 0.4) is 0 Å². The average molecular weight is 781 g/mol. The van der Waals surface area contributed by atoms with Gasteiger partial charge in [-0.05, 0) is 68.8 Å². The third kappa shape index (κ3) is 11.2. The molecule has 6 atom stereocenters. The van der Waals surface area contributed by atoms with Gasteiger partial charge in [0.15, 0.2) is 5.78 Å². The second kappa shape index (κ2) is 19.2. The van der Waals surface area contributed by atoms with Gasteiger partial charge in [0.2, 0.25) is 35.4 Å². The molecule has 3 fully saturated rings. The lowest BCUT2D eigenvalue weighted by molar-refractivity contribution is -0.134. The lowest BCUT2D eigenvalue weighted by Gasteiger charge is -2.30. The van der Waals surface area contributed by atoms with E-state index in [4.69, 9.17) is 5.73 Å². The second-order valence-corrected chi connectivity index (χ2v) is 16.4. The number of nitrogens with one attached hydrogen (secondary N) is 5. The third-order valence-corrected chi connectivity index (χ3v) is 12.3. The Bertz CT molecular complexity index is 1830. The first-order valence-electron chi connectivity index (χ1n) is 20.7. The number of benzene rings is 2. The quantitative estimate of drug-likeness (QED) is 0.231. The molecule has 6 rings (SSSR count). The monoisotopic (exact) mass is 780 g/mol. The van der Waals surface area contributed by atoms with E-state index in [1.807, 2.05) is 6.07 Å². The fourth-order valence-electron chi connectivity index (χ4n) is 8.93. The fraction of sp³-hybridized carbons (Fsp3) is 0.523. The van der Waals surface area contributed by atoms with Crippen molar-refractivity contribution in [3.05, 3.63) is 83.4 Å². The van der Waals surface area contributed by atoms with Crippen molar-refractivity contribution in [3.8, 4) is 0 Å². The molecule has 0 aromatic heterocycles. The molecule has 2 aromatic carbocycles. The van der Waals surface area contributed by atoms with Gasteiger partial charge in [-0.2, -0.15) is 0 Å². The zero-order valence-corrected chi connectivity index (χ0v) is 32.6. The van der Waals surface area contributed by atoms with Crippen molar-refractivity contribution < 1.29 is 33.6 Å². The number of amides is 6. The number of nitrogens with two attached hydrogens (primary N) is 1. The summed E-state index contributed by atoms with van der Waals surface area (Å²) in [5.41, 5.74) is 6.62. The molecule has 57 heavy (non-hydrogen) atoms. The summed E-state index contributed by atoms with van der Waals surface area (Å²) in [5.74, 6) is -2.63. The van der Waals surface area contributed by atoms with Crippen LogP contribution in [-0.4, -0.2) is 71.9 Å². The van der Waals surface area contributed by atoms with Gasteiger partial charge in [0.05, 0.1) is 5.41 Å². The minimum absolute atomic E-state index is 0.127. The van der Waals surface area contributed by atoms with Crippen molar-refractivity contribution >= 4 is 41.2 Å². The molecule has 1 aliphatic heterocycles. The van der Waals surface area contributed by atoms with Crippen LogP contribution in [0.1, 0.15) is 111 Å². The highest BCUT2D eigenvalue weighted by atomic mass is 16.2. The van der Waals surface area contributed by atoms with Crippen LogP contribution in [0, 0.1) is 17.3 Å². The fourth-order valence-corrected chi connectivity index (χ4v) is 8.93. The number of ketones is 1. The van der Waals surface area contributed by atoms with E-state index in [9.17, 15) is 33.6 Å². The Morgan fingerprint density at radius 2 is 1.33 bits per heavy atom. The first-order chi connectivity index (χ1) is 27.5. The molecule has 13 nitrogen and oxygen atoms in total. The highest BCUT2D eigenvalue weighted by Crippen LogP contribution is 2.60. The average Bonchev–Trinajstić information content (AvgIpc) is 3.94. The Morgan fingerprint density at radius 1 is 0.649 bits per heavy atom. The van der Waals surface area contributed by atoms with E-state index in [1.54, 1.807) is 48.5 Å². The molecule has 3 saturated carbocycles. The third-order valence-electron chi connectivity index (χ3n) is 12.3. The number of carbonyl (C=O) groups is 7. The van der Waals surface area contributed by atoms with Gasteiger partial charge < -0.3 is 32.3 Å². The summed E-state index contributed by atoms with van der Waals surface area (Å²) in [6.07, 6.45) is 12.4. The van der Waals surface area contributed by atoms with Crippen molar-refractivity contribution in [3.63, 3.8) is 0 Å². The maximum absolute atomic E-state index is 14.4. The van der Waals surface area contributed by atoms with Crippen LogP contribution in [0.2, 0.25) is 0 Å². The number of hydrogen-bond acceptors (Lipinski definition) is 7. The van der Waals surface area contributed by atoms with Crippen LogP contribution in [0.4, 0.5) is 0 Å². The minimum Gasteiger partial charge on any atom is -0.368 e. The molecule has 0 radical (unpaired) electrons. The summed E-state index contributed by atoms with van der Waals surface area (Å²) in [6, 6.07) is 12.8. The Morgan fingerprint density at radius 3 is 2.05 bits per heavy atom. The molecule has 6 unspecified atom stereocenters. The first-order valence-corrected chi connectivity index (χ1v) is 20.7. The summed E-state index contributed by atoms with van der Waals surface area (Å²) < 4.78 is 0. The molecule has 0 saturated heterocycles. The summed E-state index contributed by atoms with van der Waals surface area (Å²) in [5, 5.41) is 14.6. The second-order valence-electron chi connectivity index (χ2n) is 16.4. The van der Waals surface area contributed by atoms with Gasteiger partial charge in [0.25, 0.3) is 0 Å². The van der Waals surface area contributed by atoms with Crippen LogP contribution in [-0.2, 0) is 35.2 Å². The molecular formula is C44H56N6O7. The molecule has 13 heteroatoms. The van der Waals surface area contributed by atoms with E-state index >= 15 is 0 Å². The molecule has 3 aliphatic carbocycles. The molecule has 4 aliphatic rings. The zero-order valence-electron chi connectivity index (χ0n) is 32.6. The molecular weight excluding hydrogens is 725 g/mol. The van der Waals surface area contributed by atoms with Crippen LogP contribution in [0.15, 0.2) is 66.7 Å². The van der Waals surface area contributed by atoms with Crippen LogP contribution in [0.25, 0.3) is 0 Å². The Kier molecular flexibility index (Phi) is 13.9. The highest BCUT2D eigenvalue weighted by molar-refractivity contribution is 6.09. The van der Waals surface area contributed by atoms with Gasteiger partial charge in [-0.15, -0.1) is 0 Å². The van der Waals surface area contributed by atoms with Crippen LogP contribution in [0.5, 0.6) is 0 Å². The van der Waals surface area contributed by atoms with Crippen LogP contribution >= 0.6 is 0 Å². The predicted octanol–water partition coefficient (Wildman–Crippen LogP) is 3.29. The zero-order chi connectivity index (χ0) is 40.4. The number of rotatable bonds is 7. The summed E-state index contributed by atoms with van der Waals surface area (Å²) in [4.78, 5) is 93.4. The molecule has 6 amide bonds. The summed E-state index contributed by atoms with van der Waals surface area (Å²) in [7, 11) is 0. The normalized spacial score (nSPS) is 28.9. The Hall–Kier alpha value is -5.33. The van der Waals surface area contributed by atoms with Crippen molar-refractivity contribution in [1.29, 1.82) is 0 Å². The minimum atomic E-state index is -0.995. The van der Waals surface area contributed by atoms with Gasteiger partial charge in [-0.25, -0.2) is 0 Å². The highest BCUT2D eigenvalue weighted by Gasteiger charge is 2.61. The summed E-state index contributed by atoms with van der Waals surface area (Å²) in [6.45, 7) is 0.225. The van der Waals surface area contributed by atoms with E-state index in [2.05, 4.69) is 26.6 Å². The van der Waals surface area contributed by atoms with E-state index in [0.29, 0.717) is 49.7 Å². The molecule has 304 valence electrons. The van der Waals surface area contributed by atoms with Gasteiger partial charge in [-0.3, -0.25) is 33.6 Å². The largest absolute Gasteiger partial charge is 0.368 e. The topological polar surface area (TPSA) is 206 Å². The first kappa shape index (κ1) is 41.3. The Balaban J connectivity index is 1.25. The standard InChI is InChI=1S/C44H56N6O7/c45-40(54)34-16-7-8-23-46-41(55)35(25-29-17-19-31(20-18-29)39(53)30-12-5-2-6-13-30)49-42(56)36(24-28-10-3-1-4-11-28)50-43(57)44-26-32(44)14-9-15-33(27-44)47-37(51)21-22-38(52)48-34/h2,5-6,12-13,17-22,28,32-36H,1,3-4,7-11,14-16,23-27H2,(H2,45,54)(H,46,55)(H,47,51)(H,48,52)(H,49,56)(H,50,57)/b22-21+. The molecule has 7 N–H and O–H groups in total.